The molecule has 0 radical (unpaired) electrons. The molecular weight excluding hydrogens is 190 g/mol. The van der Waals surface area contributed by atoms with Gasteiger partial charge < -0.3 is 9.84 Å². The van der Waals surface area contributed by atoms with Crippen LogP contribution >= 0.6 is 0 Å². The number of hydrogen-bond donors (Lipinski definition) is 1. The zero-order chi connectivity index (χ0) is 11.3. The Morgan fingerprint density at radius 1 is 1.33 bits per heavy atom. The third kappa shape index (κ3) is 4.00. The molecule has 0 fully saturated rings. The van der Waals surface area contributed by atoms with Crippen molar-refractivity contribution >= 4 is 0 Å². The third-order valence-corrected chi connectivity index (χ3v) is 2.31. The van der Waals surface area contributed by atoms with Crippen LogP contribution in [0, 0.1) is 5.92 Å². The molecule has 0 aromatic carbocycles. The molecule has 0 aliphatic heterocycles. The van der Waals surface area contributed by atoms with Crippen LogP contribution in [-0.4, -0.2) is 16.7 Å². The molecule has 4 nitrogen and oxygen atoms in total. The van der Waals surface area contributed by atoms with Crippen LogP contribution < -0.4 is 5.32 Å². The van der Waals surface area contributed by atoms with Gasteiger partial charge in [0.2, 0.25) is 5.89 Å². The molecule has 4 heteroatoms. The summed E-state index contributed by atoms with van der Waals surface area (Å²) in [6.07, 6.45) is 2.01. The average molecular weight is 211 g/mol. The monoisotopic (exact) mass is 211 g/mol. The van der Waals surface area contributed by atoms with Crippen LogP contribution in [0.3, 0.4) is 0 Å². The molecule has 15 heavy (non-hydrogen) atoms. The van der Waals surface area contributed by atoms with Crippen LogP contribution in [0.4, 0.5) is 0 Å². The number of nitrogens with one attached hydrogen (secondary N) is 1. The van der Waals surface area contributed by atoms with Gasteiger partial charge in [-0.05, 0) is 25.8 Å². The summed E-state index contributed by atoms with van der Waals surface area (Å²) in [5, 5.41) is 7.21. The van der Waals surface area contributed by atoms with Gasteiger partial charge in [-0.25, -0.2) is 0 Å². The van der Waals surface area contributed by atoms with E-state index in [0.717, 1.165) is 25.2 Å². The molecule has 0 aliphatic carbocycles. The van der Waals surface area contributed by atoms with Crippen molar-refractivity contribution in [1.82, 2.24) is 15.5 Å². The van der Waals surface area contributed by atoms with E-state index in [1.54, 1.807) is 0 Å². The van der Waals surface area contributed by atoms with E-state index in [4.69, 9.17) is 4.52 Å². The highest BCUT2D eigenvalue weighted by atomic mass is 16.5. The number of aromatic nitrogens is 2. The molecule has 1 aromatic rings. The smallest absolute Gasteiger partial charge is 0.243 e. The molecule has 1 atom stereocenters. The van der Waals surface area contributed by atoms with Gasteiger partial charge in [-0.15, -0.1) is 0 Å². The van der Waals surface area contributed by atoms with Crippen molar-refractivity contribution in [3.05, 3.63) is 11.7 Å². The molecule has 1 N–H and O–H groups in total. The van der Waals surface area contributed by atoms with Gasteiger partial charge in [0.05, 0.1) is 6.04 Å². The maximum absolute atomic E-state index is 5.19. The first-order valence-electron chi connectivity index (χ1n) is 5.69. The Balaban J connectivity index is 2.48. The van der Waals surface area contributed by atoms with E-state index in [9.17, 15) is 0 Å². The van der Waals surface area contributed by atoms with Gasteiger partial charge in [0.15, 0.2) is 5.82 Å². The zero-order valence-corrected chi connectivity index (χ0v) is 10.1. The lowest BCUT2D eigenvalue weighted by atomic mass is 10.1. The Kier molecular flexibility index (Phi) is 4.75. The summed E-state index contributed by atoms with van der Waals surface area (Å²) in [4.78, 5) is 4.36. The first kappa shape index (κ1) is 12.2. The lowest BCUT2D eigenvalue weighted by molar-refractivity contribution is 0.338. The largest absolute Gasteiger partial charge is 0.338 e. The van der Waals surface area contributed by atoms with Crippen molar-refractivity contribution in [3.63, 3.8) is 0 Å². The molecule has 1 rings (SSSR count). The van der Waals surface area contributed by atoms with Gasteiger partial charge in [0, 0.05) is 6.42 Å². The Labute approximate surface area is 91.5 Å². The van der Waals surface area contributed by atoms with Crippen LogP contribution in [0.15, 0.2) is 4.52 Å². The number of rotatable bonds is 6. The molecule has 0 bridgehead atoms. The Hall–Kier alpha value is -0.900. The van der Waals surface area contributed by atoms with Gasteiger partial charge in [0.25, 0.3) is 0 Å². The summed E-state index contributed by atoms with van der Waals surface area (Å²) in [5.41, 5.74) is 0. The van der Waals surface area contributed by atoms with E-state index < -0.39 is 0 Å². The second-order valence-corrected chi connectivity index (χ2v) is 4.26. The van der Waals surface area contributed by atoms with Gasteiger partial charge in [-0.2, -0.15) is 4.98 Å². The standard InChI is InChI=1S/C11H21N3O/c1-5-12-9(4)11-13-10(14-15-11)7-6-8(2)3/h8-9,12H,5-7H2,1-4H3. The van der Waals surface area contributed by atoms with Crippen molar-refractivity contribution in [2.75, 3.05) is 6.54 Å². The predicted octanol–water partition coefficient (Wildman–Crippen LogP) is 2.33. The molecule has 1 unspecified atom stereocenters. The van der Waals surface area contributed by atoms with Gasteiger partial charge in [0.1, 0.15) is 0 Å². The maximum Gasteiger partial charge on any atom is 0.243 e. The maximum atomic E-state index is 5.19. The minimum absolute atomic E-state index is 0.148. The minimum Gasteiger partial charge on any atom is -0.338 e. The van der Waals surface area contributed by atoms with E-state index >= 15 is 0 Å². The molecule has 1 aromatic heterocycles. The first-order valence-corrected chi connectivity index (χ1v) is 5.69. The van der Waals surface area contributed by atoms with Crippen LogP contribution in [0.1, 0.15) is 51.9 Å². The van der Waals surface area contributed by atoms with Crippen LogP contribution in [-0.2, 0) is 6.42 Å². The quantitative estimate of drug-likeness (QED) is 0.784. The highest BCUT2D eigenvalue weighted by Crippen LogP contribution is 2.11. The summed E-state index contributed by atoms with van der Waals surface area (Å²) in [6, 6.07) is 0.148. The molecule has 0 amide bonds. The summed E-state index contributed by atoms with van der Waals surface area (Å²) in [5.74, 6) is 2.19. The lowest BCUT2D eigenvalue weighted by Gasteiger charge is -2.05. The average Bonchev–Trinajstić information content (AvgIpc) is 2.63. The minimum atomic E-state index is 0.148. The van der Waals surface area contributed by atoms with Crippen LogP contribution in [0.2, 0.25) is 0 Å². The van der Waals surface area contributed by atoms with Gasteiger partial charge >= 0.3 is 0 Å². The van der Waals surface area contributed by atoms with Crippen molar-refractivity contribution in [3.8, 4) is 0 Å². The molecular formula is C11H21N3O. The van der Waals surface area contributed by atoms with Crippen molar-refractivity contribution in [2.45, 2.75) is 46.6 Å². The summed E-state index contributed by atoms with van der Waals surface area (Å²) in [6.45, 7) is 9.39. The molecule has 86 valence electrons. The SMILES string of the molecule is CCNC(C)c1nc(CCC(C)C)no1. The Morgan fingerprint density at radius 2 is 2.07 bits per heavy atom. The third-order valence-electron chi connectivity index (χ3n) is 2.31. The predicted molar refractivity (Wildman–Crippen MR) is 59.5 cm³/mol. The second kappa shape index (κ2) is 5.85. The van der Waals surface area contributed by atoms with Crippen molar-refractivity contribution < 1.29 is 4.52 Å². The summed E-state index contributed by atoms with van der Waals surface area (Å²) in [7, 11) is 0. The molecule has 0 saturated carbocycles. The van der Waals surface area contributed by atoms with Crippen LogP contribution in [0.25, 0.3) is 0 Å². The van der Waals surface area contributed by atoms with Gasteiger partial charge in [-0.1, -0.05) is 25.9 Å². The van der Waals surface area contributed by atoms with Gasteiger partial charge in [-0.3, -0.25) is 0 Å². The van der Waals surface area contributed by atoms with Crippen molar-refractivity contribution in [2.24, 2.45) is 5.92 Å². The van der Waals surface area contributed by atoms with E-state index in [0.29, 0.717) is 11.8 Å². The lowest BCUT2D eigenvalue weighted by Crippen LogP contribution is -2.17. The van der Waals surface area contributed by atoms with E-state index in [-0.39, 0.29) is 6.04 Å². The second-order valence-electron chi connectivity index (χ2n) is 4.26. The number of hydrogen-bond acceptors (Lipinski definition) is 4. The number of nitrogens with zero attached hydrogens (tertiary/aromatic N) is 2. The first-order chi connectivity index (χ1) is 7.13. The fourth-order valence-electron chi connectivity index (χ4n) is 1.36. The molecule has 0 spiro atoms. The summed E-state index contributed by atoms with van der Waals surface area (Å²) >= 11 is 0. The Bertz CT molecular complexity index is 283. The van der Waals surface area contributed by atoms with E-state index in [1.807, 2.05) is 6.92 Å². The normalized spacial score (nSPS) is 13.4. The summed E-state index contributed by atoms with van der Waals surface area (Å²) < 4.78 is 5.19. The van der Waals surface area contributed by atoms with Crippen LogP contribution in [0.5, 0.6) is 0 Å². The van der Waals surface area contributed by atoms with Crippen molar-refractivity contribution in [1.29, 1.82) is 0 Å². The topological polar surface area (TPSA) is 51.0 Å². The molecule has 1 heterocycles. The van der Waals surface area contributed by atoms with E-state index in [1.165, 1.54) is 0 Å². The number of aryl methyl sites for hydroxylation is 1. The molecule has 0 saturated heterocycles. The van der Waals surface area contributed by atoms with E-state index in [2.05, 4.69) is 36.2 Å². The highest BCUT2D eigenvalue weighted by molar-refractivity contribution is 4.91. The molecule has 0 aliphatic rings. The fraction of sp³-hybridized carbons (Fsp3) is 0.818. The zero-order valence-electron chi connectivity index (χ0n) is 10.1. The fourth-order valence-corrected chi connectivity index (χ4v) is 1.36. The highest BCUT2D eigenvalue weighted by Gasteiger charge is 2.12. The Morgan fingerprint density at radius 3 is 2.67 bits per heavy atom.